The smallest absolute Gasteiger partial charge is 0.170 e. The molecule has 1 aliphatic rings. The molecule has 0 bridgehead atoms. The molecule has 150 valence electrons. The zero-order valence-electron chi connectivity index (χ0n) is 16.2. The first kappa shape index (κ1) is 18.2. The zero-order valence-corrected chi connectivity index (χ0v) is 16.2. The third-order valence-corrected chi connectivity index (χ3v) is 5.85. The molecular weight excluding hydrogens is 369 g/mol. The van der Waals surface area contributed by atoms with Gasteiger partial charge < -0.3 is 19.1 Å². The van der Waals surface area contributed by atoms with Crippen LogP contribution < -0.4 is 4.74 Å². The molecule has 1 N–H and O–H groups in total. The second-order valence-electron chi connectivity index (χ2n) is 7.75. The van der Waals surface area contributed by atoms with E-state index in [4.69, 9.17) is 9.26 Å². The van der Waals surface area contributed by atoms with Crippen LogP contribution in [0.4, 0.5) is 4.39 Å². The normalized spacial score (nSPS) is 16.0. The Kier molecular flexibility index (Phi) is 4.94. The third kappa shape index (κ3) is 3.85. The summed E-state index contributed by atoms with van der Waals surface area (Å²) in [7, 11) is 0. The number of H-pyrrole nitrogens is 1. The Labute approximate surface area is 168 Å². The van der Waals surface area contributed by atoms with Crippen molar-refractivity contribution in [2.75, 3.05) is 26.2 Å². The first-order valence-electron chi connectivity index (χ1n) is 10.2. The van der Waals surface area contributed by atoms with Gasteiger partial charge in [0.05, 0.1) is 12.3 Å². The van der Waals surface area contributed by atoms with E-state index in [0.29, 0.717) is 18.1 Å². The topological polar surface area (TPSA) is 54.3 Å². The maximum absolute atomic E-state index is 13.3. The predicted molar refractivity (Wildman–Crippen MR) is 111 cm³/mol. The van der Waals surface area contributed by atoms with Gasteiger partial charge in [-0.25, -0.2) is 4.39 Å². The fourth-order valence-corrected chi connectivity index (χ4v) is 4.25. The van der Waals surface area contributed by atoms with Crippen molar-refractivity contribution < 1.29 is 13.7 Å². The molecule has 0 saturated carbocycles. The average molecular weight is 393 g/mol. The largest absolute Gasteiger partial charge is 0.493 e. The molecule has 3 heterocycles. The molecule has 5 nitrogen and oxygen atoms in total. The maximum Gasteiger partial charge on any atom is 0.170 e. The molecular formula is C23H24FN3O2. The van der Waals surface area contributed by atoms with Gasteiger partial charge in [-0.2, -0.15) is 0 Å². The van der Waals surface area contributed by atoms with E-state index in [1.165, 1.54) is 17.5 Å². The minimum atomic E-state index is -0.287. The van der Waals surface area contributed by atoms with Gasteiger partial charge in [0.1, 0.15) is 11.6 Å². The van der Waals surface area contributed by atoms with Crippen LogP contribution >= 0.6 is 0 Å². The summed E-state index contributed by atoms with van der Waals surface area (Å²) in [4.78, 5) is 5.70. The van der Waals surface area contributed by atoms with Gasteiger partial charge in [-0.3, -0.25) is 0 Å². The van der Waals surface area contributed by atoms with Crippen molar-refractivity contribution in [2.24, 2.45) is 0 Å². The molecule has 2 aromatic heterocycles. The SMILES string of the molecule is Fc1ccc2c(C3CCN(CCCOc4ccc5cc[nH]c5c4)CC3)noc2c1. The predicted octanol–water partition coefficient (Wildman–Crippen LogP) is 5.10. The number of aromatic amines is 1. The molecule has 4 aromatic rings. The molecule has 0 unspecified atom stereocenters. The lowest BCUT2D eigenvalue weighted by Crippen LogP contribution is -2.34. The van der Waals surface area contributed by atoms with Crippen molar-refractivity contribution in [2.45, 2.75) is 25.2 Å². The third-order valence-electron chi connectivity index (χ3n) is 5.85. The highest BCUT2D eigenvalue weighted by Gasteiger charge is 2.24. The van der Waals surface area contributed by atoms with Crippen molar-refractivity contribution in [3.05, 3.63) is 60.2 Å². The van der Waals surface area contributed by atoms with Crippen LogP contribution in [0.5, 0.6) is 5.75 Å². The number of ether oxygens (including phenoxy) is 1. The summed E-state index contributed by atoms with van der Waals surface area (Å²) in [5.74, 6) is 1.000. The number of halogens is 1. The number of piperidine rings is 1. The molecule has 1 fully saturated rings. The number of hydrogen-bond acceptors (Lipinski definition) is 4. The summed E-state index contributed by atoms with van der Waals surface area (Å²) in [6.45, 7) is 3.82. The molecule has 1 saturated heterocycles. The number of likely N-dealkylation sites (tertiary alicyclic amines) is 1. The molecule has 0 aliphatic carbocycles. The van der Waals surface area contributed by atoms with Gasteiger partial charge in [-0.05, 0) is 68.1 Å². The van der Waals surface area contributed by atoms with Crippen molar-refractivity contribution in [1.29, 1.82) is 0 Å². The van der Waals surface area contributed by atoms with E-state index >= 15 is 0 Å². The van der Waals surface area contributed by atoms with Crippen LogP contribution in [0.25, 0.3) is 21.9 Å². The van der Waals surface area contributed by atoms with Crippen molar-refractivity contribution >= 4 is 21.9 Å². The van der Waals surface area contributed by atoms with Gasteiger partial charge >= 0.3 is 0 Å². The van der Waals surface area contributed by atoms with E-state index in [9.17, 15) is 4.39 Å². The van der Waals surface area contributed by atoms with Crippen LogP contribution in [0.3, 0.4) is 0 Å². The van der Waals surface area contributed by atoms with Crippen molar-refractivity contribution in [3.63, 3.8) is 0 Å². The van der Waals surface area contributed by atoms with Gasteiger partial charge in [0.15, 0.2) is 5.58 Å². The lowest BCUT2D eigenvalue weighted by atomic mass is 9.91. The second-order valence-corrected chi connectivity index (χ2v) is 7.75. The maximum atomic E-state index is 13.3. The van der Waals surface area contributed by atoms with Gasteiger partial charge in [0.25, 0.3) is 0 Å². The first-order valence-corrected chi connectivity index (χ1v) is 10.2. The minimum absolute atomic E-state index is 0.287. The summed E-state index contributed by atoms with van der Waals surface area (Å²) < 4.78 is 24.6. The van der Waals surface area contributed by atoms with E-state index in [-0.39, 0.29) is 5.82 Å². The summed E-state index contributed by atoms with van der Waals surface area (Å²) in [6, 6.07) is 12.9. The van der Waals surface area contributed by atoms with Crippen LogP contribution in [0.15, 0.2) is 53.2 Å². The van der Waals surface area contributed by atoms with Gasteiger partial charge in [0.2, 0.25) is 0 Å². The minimum Gasteiger partial charge on any atom is -0.493 e. The molecule has 29 heavy (non-hydrogen) atoms. The highest BCUT2D eigenvalue weighted by Crippen LogP contribution is 2.32. The Morgan fingerprint density at radius 2 is 2.03 bits per heavy atom. The zero-order chi connectivity index (χ0) is 19.6. The monoisotopic (exact) mass is 393 g/mol. The number of fused-ring (bicyclic) bond motifs is 2. The van der Waals surface area contributed by atoms with Crippen LogP contribution in [0.1, 0.15) is 30.9 Å². The summed E-state index contributed by atoms with van der Waals surface area (Å²) in [5, 5.41) is 6.37. The molecule has 0 radical (unpaired) electrons. The highest BCUT2D eigenvalue weighted by atomic mass is 19.1. The lowest BCUT2D eigenvalue weighted by molar-refractivity contribution is 0.191. The van der Waals surface area contributed by atoms with Crippen molar-refractivity contribution in [3.8, 4) is 5.75 Å². The summed E-state index contributed by atoms with van der Waals surface area (Å²) >= 11 is 0. The molecule has 1 aliphatic heterocycles. The Bertz CT molecular complexity index is 1110. The Morgan fingerprint density at radius 3 is 2.93 bits per heavy atom. The molecule has 2 aromatic carbocycles. The number of nitrogens with one attached hydrogen (secondary N) is 1. The summed E-state index contributed by atoms with van der Waals surface area (Å²) in [5.41, 5.74) is 2.62. The lowest BCUT2D eigenvalue weighted by Gasteiger charge is -2.31. The summed E-state index contributed by atoms with van der Waals surface area (Å²) in [6.07, 6.45) is 5.03. The Hall–Kier alpha value is -2.86. The number of aromatic nitrogens is 2. The highest BCUT2D eigenvalue weighted by molar-refractivity contribution is 5.81. The van der Waals surface area contributed by atoms with Crippen LogP contribution in [0.2, 0.25) is 0 Å². The second kappa shape index (κ2) is 7.87. The van der Waals surface area contributed by atoms with Crippen LogP contribution in [0, 0.1) is 5.82 Å². The van der Waals surface area contributed by atoms with E-state index in [0.717, 1.165) is 61.2 Å². The van der Waals surface area contributed by atoms with E-state index < -0.39 is 0 Å². The van der Waals surface area contributed by atoms with Crippen LogP contribution in [-0.4, -0.2) is 41.3 Å². The first-order chi connectivity index (χ1) is 14.3. The van der Waals surface area contributed by atoms with E-state index in [1.54, 1.807) is 6.07 Å². The molecule has 0 amide bonds. The molecule has 0 atom stereocenters. The van der Waals surface area contributed by atoms with E-state index in [1.807, 2.05) is 12.3 Å². The molecule has 0 spiro atoms. The molecule has 6 heteroatoms. The van der Waals surface area contributed by atoms with E-state index in [2.05, 4.69) is 33.2 Å². The Balaban J connectivity index is 1.09. The fraction of sp³-hybridized carbons (Fsp3) is 0.348. The molecule has 5 rings (SSSR count). The quantitative estimate of drug-likeness (QED) is 0.463. The number of hydrogen-bond donors (Lipinski definition) is 1. The van der Waals surface area contributed by atoms with Gasteiger partial charge in [-0.1, -0.05) is 5.16 Å². The Morgan fingerprint density at radius 1 is 1.14 bits per heavy atom. The van der Waals surface area contributed by atoms with Gasteiger partial charge in [0, 0.05) is 41.7 Å². The number of benzene rings is 2. The standard InChI is InChI=1S/C23H24FN3O2/c24-18-3-5-20-22(14-18)29-26-23(20)17-7-11-27(12-8-17)10-1-13-28-19-4-2-16-6-9-25-21(16)15-19/h2-6,9,14-15,17,25H,1,7-8,10-13H2. The van der Waals surface area contributed by atoms with Crippen molar-refractivity contribution in [1.82, 2.24) is 15.0 Å². The van der Waals surface area contributed by atoms with Gasteiger partial charge in [-0.15, -0.1) is 0 Å². The fourth-order valence-electron chi connectivity index (χ4n) is 4.25. The number of nitrogens with zero attached hydrogens (tertiary/aromatic N) is 2. The van der Waals surface area contributed by atoms with Crippen LogP contribution in [-0.2, 0) is 0 Å². The number of rotatable bonds is 6. The average Bonchev–Trinajstić information content (AvgIpc) is 3.38.